The molecule has 0 bridgehead atoms. The minimum Gasteiger partial charge on any atom is -0.395 e. The molecule has 0 saturated heterocycles. The number of hydrogen-bond acceptors (Lipinski definition) is 5. The van der Waals surface area contributed by atoms with Crippen LogP contribution < -0.4 is 5.73 Å². The molecule has 0 aliphatic heterocycles. The number of carbonyl (C=O) groups is 1. The minimum atomic E-state index is -0.00127. The summed E-state index contributed by atoms with van der Waals surface area (Å²) in [6, 6.07) is 0. The van der Waals surface area contributed by atoms with Crippen molar-refractivity contribution in [2.45, 2.75) is 39.0 Å². The first-order valence-corrected chi connectivity index (χ1v) is 7.63. The van der Waals surface area contributed by atoms with Gasteiger partial charge in [-0.25, -0.2) is 4.98 Å². The summed E-state index contributed by atoms with van der Waals surface area (Å²) >= 11 is 1.34. The van der Waals surface area contributed by atoms with Gasteiger partial charge >= 0.3 is 0 Å². The monoisotopic (exact) mass is 285 g/mol. The Morgan fingerprint density at radius 1 is 1.42 bits per heavy atom. The van der Waals surface area contributed by atoms with Crippen molar-refractivity contribution in [1.29, 1.82) is 0 Å². The first-order valence-electron chi connectivity index (χ1n) is 6.76. The normalized spacial score (nSPS) is 10.6. The van der Waals surface area contributed by atoms with Crippen molar-refractivity contribution in [2.75, 3.05) is 25.4 Å². The number of carbonyl (C=O) groups excluding carboxylic acids is 1. The van der Waals surface area contributed by atoms with Gasteiger partial charge in [0.15, 0.2) is 5.13 Å². The molecule has 0 radical (unpaired) electrons. The second kappa shape index (κ2) is 8.87. The van der Waals surface area contributed by atoms with Crippen LogP contribution in [0.5, 0.6) is 0 Å². The van der Waals surface area contributed by atoms with Gasteiger partial charge in [-0.3, -0.25) is 4.79 Å². The number of anilines is 1. The Bertz CT molecular complexity index is 382. The minimum absolute atomic E-state index is 0.00127. The zero-order valence-corrected chi connectivity index (χ0v) is 12.3. The van der Waals surface area contributed by atoms with Gasteiger partial charge < -0.3 is 15.7 Å². The van der Waals surface area contributed by atoms with Crippen LogP contribution in [-0.2, 0) is 11.2 Å². The summed E-state index contributed by atoms with van der Waals surface area (Å²) in [5, 5.41) is 11.3. The summed E-state index contributed by atoms with van der Waals surface area (Å²) in [7, 11) is 0. The molecule has 0 aliphatic rings. The molecule has 0 fully saturated rings. The van der Waals surface area contributed by atoms with Crippen LogP contribution in [0.4, 0.5) is 5.13 Å². The summed E-state index contributed by atoms with van der Waals surface area (Å²) in [5.41, 5.74) is 6.26. The molecule has 1 amide bonds. The van der Waals surface area contributed by atoms with Gasteiger partial charge in [-0.15, -0.1) is 11.3 Å². The van der Waals surface area contributed by atoms with E-state index in [1.54, 1.807) is 10.3 Å². The molecular formula is C13H23N3O2S. The number of thiazole rings is 1. The van der Waals surface area contributed by atoms with Crippen molar-refractivity contribution in [1.82, 2.24) is 9.88 Å². The van der Waals surface area contributed by atoms with E-state index < -0.39 is 0 Å². The summed E-state index contributed by atoms with van der Waals surface area (Å²) in [4.78, 5) is 17.9. The molecule has 1 aromatic rings. The third-order valence-corrected chi connectivity index (χ3v) is 3.63. The molecule has 0 atom stereocenters. The predicted molar refractivity (Wildman–Crippen MR) is 78.0 cm³/mol. The zero-order valence-electron chi connectivity index (χ0n) is 11.5. The fourth-order valence-electron chi connectivity index (χ4n) is 1.88. The van der Waals surface area contributed by atoms with E-state index in [0.29, 0.717) is 23.9 Å². The van der Waals surface area contributed by atoms with E-state index in [1.807, 2.05) is 0 Å². The Kier molecular flexibility index (Phi) is 7.43. The highest BCUT2D eigenvalue weighted by atomic mass is 32.1. The van der Waals surface area contributed by atoms with Gasteiger partial charge in [0.25, 0.3) is 0 Å². The molecule has 0 aromatic carbocycles. The number of nitrogen functional groups attached to an aromatic ring is 1. The van der Waals surface area contributed by atoms with Crippen molar-refractivity contribution < 1.29 is 9.90 Å². The molecule has 0 spiro atoms. The number of nitrogens with zero attached hydrogens (tertiary/aromatic N) is 2. The molecular weight excluding hydrogens is 262 g/mol. The molecule has 0 aliphatic carbocycles. The molecule has 0 unspecified atom stereocenters. The van der Waals surface area contributed by atoms with Crippen molar-refractivity contribution in [2.24, 2.45) is 0 Å². The van der Waals surface area contributed by atoms with E-state index in [0.717, 1.165) is 12.8 Å². The average Bonchev–Trinajstić information content (AvgIpc) is 2.78. The van der Waals surface area contributed by atoms with Gasteiger partial charge in [0.05, 0.1) is 18.7 Å². The van der Waals surface area contributed by atoms with Gasteiger partial charge in [-0.1, -0.05) is 26.2 Å². The van der Waals surface area contributed by atoms with Gasteiger partial charge in [-0.05, 0) is 6.42 Å². The average molecular weight is 285 g/mol. The molecule has 5 nitrogen and oxygen atoms in total. The number of aliphatic hydroxyl groups is 1. The maximum absolute atomic E-state index is 12.1. The smallest absolute Gasteiger partial charge is 0.228 e. The summed E-state index contributed by atoms with van der Waals surface area (Å²) in [6.07, 6.45) is 4.73. The number of aromatic nitrogens is 1. The topological polar surface area (TPSA) is 79.5 Å². The van der Waals surface area contributed by atoms with Crippen LogP contribution in [0.3, 0.4) is 0 Å². The number of aliphatic hydroxyl groups excluding tert-OH is 1. The van der Waals surface area contributed by atoms with E-state index in [1.165, 1.54) is 24.2 Å². The van der Waals surface area contributed by atoms with Crippen molar-refractivity contribution in [3.8, 4) is 0 Å². The first-order chi connectivity index (χ1) is 9.17. The summed E-state index contributed by atoms with van der Waals surface area (Å²) in [6.45, 7) is 3.26. The van der Waals surface area contributed by atoms with Crippen molar-refractivity contribution in [3.05, 3.63) is 11.1 Å². The number of amides is 1. The Balaban J connectivity index is 2.42. The van der Waals surface area contributed by atoms with E-state index in [2.05, 4.69) is 11.9 Å². The lowest BCUT2D eigenvalue weighted by molar-refractivity contribution is -0.131. The fraction of sp³-hybridized carbons (Fsp3) is 0.692. The third kappa shape index (κ3) is 6.02. The SMILES string of the molecule is CCCCCCN(CCO)C(=O)Cc1csc(N)n1. The van der Waals surface area contributed by atoms with E-state index in [9.17, 15) is 4.79 Å². The zero-order chi connectivity index (χ0) is 14.1. The number of nitrogens with two attached hydrogens (primary N) is 1. The highest BCUT2D eigenvalue weighted by molar-refractivity contribution is 7.13. The lowest BCUT2D eigenvalue weighted by Gasteiger charge is -2.21. The predicted octanol–water partition coefficient (Wildman–Crippen LogP) is 1.67. The highest BCUT2D eigenvalue weighted by Gasteiger charge is 2.14. The van der Waals surface area contributed by atoms with E-state index >= 15 is 0 Å². The maximum Gasteiger partial charge on any atom is 0.228 e. The quantitative estimate of drug-likeness (QED) is 0.676. The van der Waals surface area contributed by atoms with Crippen molar-refractivity contribution in [3.63, 3.8) is 0 Å². The number of unbranched alkanes of at least 4 members (excludes halogenated alkanes) is 3. The molecule has 6 heteroatoms. The lowest BCUT2D eigenvalue weighted by atomic mass is 10.2. The van der Waals surface area contributed by atoms with Crippen molar-refractivity contribution >= 4 is 22.4 Å². The van der Waals surface area contributed by atoms with Crippen LogP contribution in [-0.4, -0.2) is 40.6 Å². The Labute approximate surface area is 118 Å². The van der Waals surface area contributed by atoms with Gasteiger partial charge in [-0.2, -0.15) is 0 Å². The summed E-state index contributed by atoms with van der Waals surface area (Å²) in [5.74, 6) is 0.0100. The van der Waals surface area contributed by atoms with Crippen LogP contribution in [0, 0.1) is 0 Å². The van der Waals surface area contributed by atoms with Gasteiger partial charge in [0, 0.05) is 18.5 Å². The molecule has 1 aromatic heterocycles. The molecule has 1 heterocycles. The van der Waals surface area contributed by atoms with Crippen LogP contribution in [0.15, 0.2) is 5.38 Å². The van der Waals surface area contributed by atoms with Crippen LogP contribution in [0.25, 0.3) is 0 Å². The molecule has 0 saturated carbocycles. The van der Waals surface area contributed by atoms with Crippen LogP contribution >= 0.6 is 11.3 Å². The Hall–Kier alpha value is -1.14. The molecule has 1 rings (SSSR count). The molecule has 3 N–H and O–H groups in total. The highest BCUT2D eigenvalue weighted by Crippen LogP contribution is 2.12. The van der Waals surface area contributed by atoms with E-state index in [4.69, 9.17) is 10.8 Å². The molecule has 108 valence electrons. The second-order valence-corrected chi connectivity index (χ2v) is 5.41. The fourth-order valence-corrected chi connectivity index (χ4v) is 2.44. The van der Waals surface area contributed by atoms with Gasteiger partial charge in [0.2, 0.25) is 5.91 Å². The van der Waals surface area contributed by atoms with E-state index in [-0.39, 0.29) is 18.9 Å². The number of rotatable bonds is 9. The third-order valence-electron chi connectivity index (χ3n) is 2.91. The largest absolute Gasteiger partial charge is 0.395 e. The summed E-state index contributed by atoms with van der Waals surface area (Å²) < 4.78 is 0. The standard InChI is InChI=1S/C13H23N3O2S/c1-2-3-4-5-6-16(7-8-17)12(18)9-11-10-19-13(14)15-11/h10,17H,2-9H2,1H3,(H2,14,15). The first kappa shape index (κ1) is 15.9. The lowest BCUT2D eigenvalue weighted by Crippen LogP contribution is -2.35. The Morgan fingerprint density at radius 3 is 2.79 bits per heavy atom. The Morgan fingerprint density at radius 2 is 2.21 bits per heavy atom. The van der Waals surface area contributed by atoms with Crippen LogP contribution in [0.2, 0.25) is 0 Å². The maximum atomic E-state index is 12.1. The second-order valence-electron chi connectivity index (χ2n) is 4.52. The molecule has 19 heavy (non-hydrogen) atoms. The van der Waals surface area contributed by atoms with Gasteiger partial charge in [0.1, 0.15) is 0 Å². The van der Waals surface area contributed by atoms with Crippen LogP contribution in [0.1, 0.15) is 38.3 Å². The number of hydrogen-bond donors (Lipinski definition) is 2.